The molecule has 0 spiro atoms. The summed E-state index contributed by atoms with van der Waals surface area (Å²) in [7, 11) is -3.87. The van der Waals surface area contributed by atoms with E-state index in [1.807, 2.05) is 31.2 Å². The molecule has 1 atom stereocenters. The smallest absolute Gasteiger partial charge is 0.244 e. The molecule has 0 heterocycles. The van der Waals surface area contributed by atoms with Gasteiger partial charge in [-0.1, -0.05) is 58.2 Å². The first-order valence-electron chi connectivity index (χ1n) is 10.2. The molecule has 0 radical (unpaired) electrons. The average molecular weight is 579 g/mol. The lowest BCUT2D eigenvalue weighted by Gasteiger charge is -2.31. The third-order valence-corrected chi connectivity index (χ3v) is 7.03. The van der Waals surface area contributed by atoms with Crippen LogP contribution in [0.4, 0.5) is 5.69 Å². The van der Waals surface area contributed by atoms with Crippen LogP contribution in [0.3, 0.4) is 0 Å². The maximum atomic E-state index is 13.4. The van der Waals surface area contributed by atoms with E-state index in [0.29, 0.717) is 11.6 Å². The van der Waals surface area contributed by atoms with Crippen molar-refractivity contribution >= 4 is 66.7 Å². The number of benzene rings is 2. The highest BCUT2D eigenvalue weighted by molar-refractivity contribution is 9.10. The van der Waals surface area contributed by atoms with Gasteiger partial charge in [0.15, 0.2) is 0 Å². The van der Waals surface area contributed by atoms with E-state index in [4.69, 9.17) is 23.2 Å². The van der Waals surface area contributed by atoms with Crippen molar-refractivity contribution < 1.29 is 18.0 Å². The summed E-state index contributed by atoms with van der Waals surface area (Å²) in [6.07, 6.45) is 1.73. The Morgan fingerprint density at radius 3 is 2.30 bits per heavy atom. The van der Waals surface area contributed by atoms with Crippen LogP contribution in [0.15, 0.2) is 46.9 Å². The standard InChI is InChI=1S/C22H26BrCl2N3O4S/c1-4-11-26-22(30)15(2)27(13-16-5-7-17(23)8-6-16)21(29)14-28(33(3,31)32)20-10-9-18(24)12-19(20)25/h5-10,12,15H,4,11,13-14H2,1-3H3,(H,26,30)/t15-/m0/s1. The molecule has 0 bridgehead atoms. The normalized spacial score (nSPS) is 12.2. The van der Waals surface area contributed by atoms with Crippen LogP contribution >= 0.6 is 39.1 Å². The quantitative estimate of drug-likeness (QED) is 0.451. The van der Waals surface area contributed by atoms with Gasteiger partial charge in [0.2, 0.25) is 21.8 Å². The number of anilines is 1. The van der Waals surface area contributed by atoms with E-state index in [1.54, 1.807) is 6.92 Å². The van der Waals surface area contributed by atoms with Crippen molar-refractivity contribution in [3.05, 3.63) is 62.5 Å². The van der Waals surface area contributed by atoms with Crippen molar-refractivity contribution in [3.63, 3.8) is 0 Å². The third-order valence-electron chi connectivity index (χ3n) is 4.84. The summed E-state index contributed by atoms with van der Waals surface area (Å²) in [6, 6.07) is 10.8. The maximum Gasteiger partial charge on any atom is 0.244 e. The molecule has 7 nitrogen and oxygen atoms in total. The summed E-state index contributed by atoms with van der Waals surface area (Å²) in [5.41, 5.74) is 0.917. The molecule has 1 N–H and O–H groups in total. The third kappa shape index (κ3) is 7.88. The molecule has 0 fully saturated rings. The number of rotatable bonds is 10. The lowest BCUT2D eigenvalue weighted by Crippen LogP contribution is -2.51. The van der Waals surface area contributed by atoms with Gasteiger partial charge in [-0.2, -0.15) is 0 Å². The second kappa shape index (κ2) is 12.1. The summed E-state index contributed by atoms with van der Waals surface area (Å²) in [6.45, 7) is 3.61. The molecule has 11 heteroatoms. The van der Waals surface area contributed by atoms with E-state index in [0.717, 1.165) is 27.0 Å². The van der Waals surface area contributed by atoms with Gasteiger partial charge in [0.25, 0.3) is 0 Å². The molecule has 0 aromatic heterocycles. The molecule has 2 aromatic rings. The topological polar surface area (TPSA) is 86.8 Å². The summed E-state index contributed by atoms with van der Waals surface area (Å²) < 4.78 is 26.9. The monoisotopic (exact) mass is 577 g/mol. The molecular formula is C22H26BrCl2N3O4S. The van der Waals surface area contributed by atoms with E-state index in [-0.39, 0.29) is 23.2 Å². The second-order valence-electron chi connectivity index (χ2n) is 7.48. The first-order valence-corrected chi connectivity index (χ1v) is 13.6. The maximum absolute atomic E-state index is 13.4. The van der Waals surface area contributed by atoms with E-state index >= 15 is 0 Å². The fraction of sp³-hybridized carbons (Fsp3) is 0.364. The van der Waals surface area contributed by atoms with E-state index in [1.165, 1.54) is 23.1 Å². The molecule has 180 valence electrons. The molecule has 2 amide bonds. The van der Waals surface area contributed by atoms with Gasteiger partial charge < -0.3 is 10.2 Å². The fourth-order valence-corrected chi connectivity index (χ4v) is 4.73. The van der Waals surface area contributed by atoms with Crippen molar-refractivity contribution in [1.82, 2.24) is 10.2 Å². The highest BCUT2D eigenvalue weighted by Gasteiger charge is 2.30. The summed E-state index contributed by atoms with van der Waals surface area (Å²) >= 11 is 15.5. The first-order chi connectivity index (χ1) is 15.4. The molecule has 0 saturated carbocycles. The highest BCUT2D eigenvalue weighted by atomic mass is 79.9. The molecule has 0 unspecified atom stereocenters. The molecule has 0 aliphatic carbocycles. The summed E-state index contributed by atoms with van der Waals surface area (Å²) in [4.78, 5) is 27.4. The number of carbonyl (C=O) groups is 2. The highest BCUT2D eigenvalue weighted by Crippen LogP contribution is 2.30. The zero-order valence-corrected chi connectivity index (χ0v) is 22.4. The lowest BCUT2D eigenvalue weighted by molar-refractivity contribution is -0.139. The predicted molar refractivity (Wildman–Crippen MR) is 136 cm³/mol. The summed E-state index contributed by atoms with van der Waals surface area (Å²) in [5.74, 6) is -0.869. The van der Waals surface area contributed by atoms with E-state index < -0.39 is 28.5 Å². The Hall–Kier alpha value is -1.81. The second-order valence-corrected chi connectivity index (χ2v) is 11.1. The van der Waals surface area contributed by atoms with Gasteiger partial charge in [-0.3, -0.25) is 13.9 Å². The molecule has 33 heavy (non-hydrogen) atoms. The number of nitrogens with zero attached hydrogens (tertiary/aromatic N) is 2. The zero-order chi connectivity index (χ0) is 24.8. The molecule has 2 aromatic carbocycles. The van der Waals surface area contributed by atoms with Crippen LogP contribution in [-0.2, 0) is 26.2 Å². The Morgan fingerprint density at radius 2 is 1.76 bits per heavy atom. The van der Waals surface area contributed by atoms with E-state index in [2.05, 4.69) is 21.2 Å². The van der Waals surface area contributed by atoms with Crippen LogP contribution in [-0.4, -0.2) is 50.5 Å². The molecule has 0 aliphatic heterocycles. The summed E-state index contributed by atoms with van der Waals surface area (Å²) in [5, 5.41) is 3.21. The van der Waals surface area contributed by atoms with Crippen molar-refractivity contribution in [3.8, 4) is 0 Å². The number of sulfonamides is 1. The van der Waals surface area contributed by atoms with E-state index in [9.17, 15) is 18.0 Å². The van der Waals surface area contributed by atoms with Crippen LogP contribution in [0.5, 0.6) is 0 Å². The minimum absolute atomic E-state index is 0.0916. The van der Waals surface area contributed by atoms with Gasteiger partial charge in [0, 0.05) is 22.6 Å². The molecular weight excluding hydrogens is 553 g/mol. The van der Waals surface area contributed by atoms with Crippen molar-refractivity contribution in [2.75, 3.05) is 23.7 Å². The molecule has 2 rings (SSSR count). The number of halogens is 3. The van der Waals surface area contributed by atoms with Crippen molar-refractivity contribution in [1.29, 1.82) is 0 Å². The van der Waals surface area contributed by atoms with Crippen molar-refractivity contribution in [2.45, 2.75) is 32.9 Å². The van der Waals surface area contributed by atoms with Crippen LogP contribution in [0.1, 0.15) is 25.8 Å². The van der Waals surface area contributed by atoms with Crippen LogP contribution in [0, 0.1) is 0 Å². The number of hydrogen-bond acceptors (Lipinski definition) is 4. The van der Waals surface area contributed by atoms with Gasteiger partial charge in [0.05, 0.1) is 17.0 Å². The zero-order valence-electron chi connectivity index (χ0n) is 18.5. The average Bonchev–Trinajstić information content (AvgIpc) is 2.74. The predicted octanol–water partition coefficient (Wildman–Crippen LogP) is 4.47. The Morgan fingerprint density at radius 1 is 1.12 bits per heavy atom. The Kier molecular flexibility index (Phi) is 10.0. The van der Waals surface area contributed by atoms with Crippen LogP contribution in [0.2, 0.25) is 10.0 Å². The Labute approximate surface area is 213 Å². The number of amides is 2. The van der Waals surface area contributed by atoms with Gasteiger partial charge in [-0.05, 0) is 49.2 Å². The van der Waals surface area contributed by atoms with Gasteiger partial charge in [0.1, 0.15) is 12.6 Å². The lowest BCUT2D eigenvalue weighted by atomic mass is 10.1. The fourth-order valence-electron chi connectivity index (χ4n) is 3.04. The first kappa shape index (κ1) is 27.4. The number of carbonyl (C=O) groups excluding carboxylic acids is 2. The minimum Gasteiger partial charge on any atom is -0.354 e. The SMILES string of the molecule is CCCNC(=O)[C@H](C)N(Cc1ccc(Br)cc1)C(=O)CN(c1ccc(Cl)cc1Cl)S(C)(=O)=O. The van der Waals surface area contributed by atoms with Crippen LogP contribution < -0.4 is 9.62 Å². The van der Waals surface area contributed by atoms with Crippen LogP contribution in [0.25, 0.3) is 0 Å². The van der Waals surface area contributed by atoms with Gasteiger partial charge in [-0.25, -0.2) is 8.42 Å². The van der Waals surface area contributed by atoms with Gasteiger partial charge in [-0.15, -0.1) is 0 Å². The molecule has 0 aliphatic rings. The Bertz CT molecular complexity index is 1100. The van der Waals surface area contributed by atoms with Gasteiger partial charge >= 0.3 is 0 Å². The number of nitrogens with one attached hydrogen (secondary N) is 1. The number of hydrogen-bond donors (Lipinski definition) is 1. The Balaban J connectivity index is 2.39. The molecule has 0 saturated heterocycles. The van der Waals surface area contributed by atoms with Crippen molar-refractivity contribution in [2.24, 2.45) is 0 Å². The minimum atomic E-state index is -3.87. The largest absolute Gasteiger partial charge is 0.354 e.